The molecule has 0 saturated carbocycles. The van der Waals surface area contributed by atoms with Crippen LogP contribution >= 0.6 is 0 Å². The maximum Gasteiger partial charge on any atom is 0.248 e. The van der Waals surface area contributed by atoms with Gasteiger partial charge in [0, 0.05) is 16.9 Å². The van der Waals surface area contributed by atoms with Crippen molar-refractivity contribution in [2.24, 2.45) is 0 Å². The van der Waals surface area contributed by atoms with Crippen LogP contribution in [0.1, 0.15) is 11.1 Å². The number of anilines is 2. The van der Waals surface area contributed by atoms with Gasteiger partial charge in [0.1, 0.15) is 6.54 Å². The van der Waals surface area contributed by atoms with Crippen LogP contribution in [0.25, 0.3) is 11.4 Å². The van der Waals surface area contributed by atoms with Crippen LogP contribution in [0.15, 0.2) is 42.5 Å². The summed E-state index contributed by atoms with van der Waals surface area (Å²) in [7, 11) is 0. The van der Waals surface area contributed by atoms with Crippen LogP contribution in [0.3, 0.4) is 0 Å². The number of aromatic nitrogens is 4. The van der Waals surface area contributed by atoms with Gasteiger partial charge in [-0.15, -0.1) is 10.2 Å². The molecule has 0 saturated heterocycles. The number of carbonyl (C=O) groups is 1. The molecule has 3 aromatic rings. The Morgan fingerprint density at radius 3 is 2.83 bits per heavy atom. The van der Waals surface area contributed by atoms with Crippen molar-refractivity contribution in [3.8, 4) is 11.4 Å². The second-order valence-corrected chi connectivity index (χ2v) is 5.64. The summed E-state index contributed by atoms with van der Waals surface area (Å²) in [6.45, 7) is 3.91. The van der Waals surface area contributed by atoms with Crippen molar-refractivity contribution in [3.05, 3.63) is 53.6 Å². The Morgan fingerprint density at radius 1 is 1.21 bits per heavy atom. The van der Waals surface area contributed by atoms with Crippen LogP contribution in [0.5, 0.6) is 0 Å². The quantitative estimate of drug-likeness (QED) is 0.717. The molecule has 0 aliphatic rings. The molecule has 1 amide bonds. The summed E-state index contributed by atoms with van der Waals surface area (Å²) >= 11 is 0. The first-order valence-corrected chi connectivity index (χ1v) is 7.52. The SMILES string of the molecule is Cc1ccc(C)c(NC(=O)Cn2nnc(-c3cccc(N)c3)n2)c1. The van der Waals surface area contributed by atoms with E-state index in [0.717, 1.165) is 22.4 Å². The number of amides is 1. The summed E-state index contributed by atoms with van der Waals surface area (Å²) in [6.07, 6.45) is 0. The molecule has 2 aromatic carbocycles. The van der Waals surface area contributed by atoms with Crippen molar-refractivity contribution in [1.29, 1.82) is 0 Å². The van der Waals surface area contributed by atoms with Gasteiger partial charge in [0.05, 0.1) is 0 Å². The van der Waals surface area contributed by atoms with Crippen LogP contribution in [0.4, 0.5) is 11.4 Å². The number of rotatable bonds is 4. The Morgan fingerprint density at radius 2 is 2.04 bits per heavy atom. The maximum absolute atomic E-state index is 12.2. The molecular weight excluding hydrogens is 304 g/mol. The van der Waals surface area contributed by atoms with Crippen molar-refractivity contribution in [3.63, 3.8) is 0 Å². The van der Waals surface area contributed by atoms with Gasteiger partial charge in [-0.05, 0) is 48.4 Å². The molecule has 122 valence electrons. The number of tetrazole rings is 1. The van der Waals surface area contributed by atoms with E-state index in [1.54, 1.807) is 12.1 Å². The van der Waals surface area contributed by atoms with Gasteiger partial charge in [-0.1, -0.05) is 24.3 Å². The van der Waals surface area contributed by atoms with E-state index < -0.39 is 0 Å². The first kappa shape index (κ1) is 15.7. The highest BCUT2D eigenvalue weighted by Gasteiger charge is 2.10. The fraction of sp³-hybridized carbons (Fsp3) is 0.176. The Labute approximate surface area is 139 Å². The van der Waals surface area contributed by atoms with Crippen LogP contribution in [-0.4, -0.2) is 26.1 Å². The lowest BCUT2D eigenvalue weighted by Crippen LogP contribution is -2.21. The zero-order chi connectivity index (χ0) is 17.1. The molecule has 1 heterocycles. The number of hydrogen-bond acceptors (Lipinski definition) is 5. The molecule has 0 aliphatic carbocycles. The molecular formula is C17H18N6O. The van der Waals surface area contributed by atoms with Crippen LogP contribution in [0, 0.1) is 13.8 Å². The molecule has 0 unspecified atom stereocenters. The number of carbonyl (C=O) groups excluding carboxylic acids is 1. The van der Waals surface area contributed by atoms with E-state index in [1.807, 2.05) is 44.2 Å². The Balaban J connectivity index is 1.70. The smallest absolute Gasteiger partial charge is 0.248 e. The van der Waals surface area contributed by atoms with E-state index in [9.17, 15) is 4.79 Å². The highest BCUT2D eigenvalue weighted by Crippen LogP contribution is 2.17. The highest BCUT2D eigenvalue weighted by molar-refractivity contribution is 5.91. The topological polar surface area (TPSA) is 98.7 Å². The van der Waals surface area contributed by atoms with Crippen LogP contribution in [-0.2, 0) is 11.3 Å². The summed E-state index contributed by atoms with van der Waals surface area (Å²) in [6, 6.07) is 13.1. The second kappa shape index (κ2) is 6.49. The van der Waals surface area contributed by atoms with Gasteiger partial charge in [-0.25, -0.2) is 0 Å². The second-order valence-electron chi connectivity index (χ2n) is 5.64. The van der Waals surface area contributed by atoms with Gasteiger partial charge in [0.2, 0.25) is 11.7 Å². The molecule has 24 heavy (non-hydrogen) atoms. The molecule has 3 N–H and O–H groups in total. The minimum Gasteiger partial charge on any atom is -0.399 e. The normalized spacial score (nSPS) is 10.6. The number of nitrogens with two attached hydrogens (primary N) is 1. The van der Waals surface area contributed by atoms with Crippen molar-refractivity contribution in [2.45, 2.75) is 20.4 Å². The number of nitrogens with one attached hydrogen (secondary N) is 1. The van der Waals surface area contributed by atoms with E-state index in [4.69, 9.17) is 5.73 Å². The molecule has 0 atom stereocenters. The Kier molecular flexibility index (Phi) is 4.24. The van der Waals surface area contributed by atoms with Gasteiger partial charge >= 0.3 is 0 Å². The summed E-state index contributed by atoms with van der Waals surface area (Å²) in [5.74, 6) is 0.224. The van der Waals surface area contributed by atoms with Gasteiger partial charge in [0.25, 0.3) is 0 Å². The van der Waals surface area contributed by atoms with E-state index in [1.165, 1.54) is 4.80 Å². The van der Waals surface area contributed by atoms with Gasteiger partial charge < -0.3 is 11.1 Å². The zero-order valence-corrected chi connectivity index (χ0v) is 13.5. The Hall–Kier alpha value is -3.22. The van der Waals surface area contributed by atoms with Crippen molar-refractivity contribution < 1.29 is 4.79 Å². The molecule has 3 rings (SSSR count). The predicted molar refractivity (Wildman–Crippen MR) is 92.2 cm³/mol. The van der Waals surface area contributed by atoms with E-state index in [-0.39, 0.29) is 12.5 Å². The average molecular weight is 322 g/mol. The molecule has 0 fully saturated rings. The highest BCUT2D eigenvalue weighted by atomic mass is 16.2. The number of hydrogen-bond donors (Lipinski definition) is 2. The number of nitrogens with zero attached hydrogens (tertiary/aromatic N) is 4. The molecule has 0 spiro atoms. The standard InChI is InChI=1S/C17H18N6O/c1-11-6-7-12(2)15(8-11)19-16(24)10-23-21-17(20-22-23)13-4-3-5-14(18)9-13/h3-9H,10,18H2,1-2H3,(H,19,24). The monoisotopic (exact) mass is 322 g/mol. The molecule has 0 radical (unpaired) electrons. The summed E-state index contributed by atoms with van der Waals surface area (Å²) in [5, 5.41) is 15.0. The largest absolute Gasteiger partial charge is 0.399 e. The van der Waals surface area contributed by atoms with Crippen LogP contribution < -0.4 is 11.1 Å². The van der Waals surface area contributed by atoms with E-state index >= 15 is 0 Å². The summed E-state index contributed by atoms with van der Waals surface area (Å²) in [4.78, 5) is 13.4. The third-order valence-electron chi connectivity index (χ3n) is 3.55. The molecule has 0 aliphatic heterocycles. The van der Waals surface area contributed by atoms with E-state index in [0.29, 0.717) is 11.5 Å². The van der Waals surface area contributed by atoms with Gasteiger partial charge in [-0.3, -0.25) is 4.79 Å². The molecule has 1 aromatic heterocycles. The third kappa shape index (κ3) is 3.57. The van der Waals surface area contributed by atoms with Crippen molar-refractivity contribution >= 4 is 17.3 Å². The average Bonchev–Trinajstić information content (AvgIpc) is 2.99. The zero-order valence-electron chi connectivity index (χ0n) is 13.5. The van der Waals surface area contributed by atoms with Crippen molar-refractivity contribution in [2.75, 3.05) is 11.1 Å². The summed E-state index contributed by atoms with van der Waals surface area (Å²) < 4.78 is 0. The molecule has 0 bridgehead atoms. The summed E-state index contributed by atoms with van der Waals surface area (Å²) in [5.41, 5.74) is 10.0. The predicted octanol–water partition coefficient (Wildman–Crippen LogP) is 2.18. The van der Waals surface area contributed by atoms with Gasteiger partial charge in [0.15, 0.2) is 0 Å². The first-order chi connectivity index (χ1) is 11.5. The fourth-order valence-electron chi connectivity index (χ4n) is 2.29. The lowest BCUT2D eigenvalue weighted by Gasteiger charge is -2.08. The number of aryl methyl sites for hydroxylation is 2. The van der Waals surface area contributed by atoms with Gasteiger partial charge in [-0.2, -0.15) is 4.80 Å². The minimum atomic E-state index is -0.208. The lowest BCUT2D eigenvalue weighted by atomic mass is 10.1. The lowest BCUT2D eigenvalue weighted by molar-refractivity contribution is -0.117. The third-order valence-corrected chi connectivity index (χ3v) is 3.55. The molecule has 7 nitrogen and oxygen atoms in total. The Bertz CT molecular complexity index is 886. The minimum absolute atomic E-state index is 0.0112. The van der Waals surface area contributed by atoms with E-state index in [2.05, 4.69) is 20.7 Å². The van der Waals surface area contributed by atoms with Crippen LogP contribution in [0.2, 0.25) is 0 Å². The molecule has 7 heteroatoms. The fourth-order valence-corrected chi connectivity index (χ4v) is 2.29. The number of nitrogen functional groups attached to an aromatic ring is 1. The maximum atomic E-state index is 12.2. The van der Waals surface area contributed by atoms with Crippen molar-refractivity contribution in [1.82, 2.24) is 20.2 Å². The number of benzene rings is 2. The first-order valence-electron chi connectivity index (χ1n) is 7.52.